The van der Waals surface area contributed by atoms with Crippen molar-refractivity contribution in [2.75, 3.05) is 31.1 Å². The predicted molar refractivity (Wildman–Crippen MR) is 95.8 cm³/mol. The number of aliphatic hydroxyl groups is 1. The summed E-state index contributed by atoms with van der Waals surface area (Å²) in [7, 11) is 0. The first kappa shape index (κ1) is 16.7. The van der Waals surface area contributed by atoms with Gasteiger partial charge in [-0.1, -0.05) is 12.1 Å². The van der Waals surface area contributed by atoms with Crippen molar-refractivity contribution in [3.05, 3.63) is 48.2 Å². The number of benzene rings is 1. The zero-order valence-electron chi connectivity index (χ0n) is 14.3. The van der Waals surface area contributed by atoms with Gasteiger partial charge in [0.25, 0.3) is 5.91 Å². The van der Waals surface area contributed by atoms with Crippen LogP contribution in [-0.4, -0.2) is 54.4 Å². The fraction of sp³-hybridized carbons (Fsp3) is 0.368. The Balaban J connectivity index is 1.24. The molecule has 2 N–H and O–H groups in total. The molecule has 1 fully saturated rings. The first-order chi connectivity index (χ1) is 12.7. The Labute approximate surface area is 151 Å². The third-order valence-electron chi connectivity index (χ3n) is 4.52. The summed E-state index contributed by atoms with van der Waals surface area (Å²) in [6.45, 7) is 2.15. The van der Waals surface area contributed by atoms with E-state index >= 15 is 0 Å². The van der Waals surface area contributed by atoms with Crippen LogP contribution >= 0.6 is 0 Å². The van der Waals surface area contributed by atoms with Crippen molar-refractivity contribution in [1.82, 2.24) is 10.3 Å². The third kappa shape index (κ3) is 3.57. The number of para-hydroxylation sites is 2. The minimum absolute atomic E-state index is 0.0801. The standard InChI is InChI=1S/C19H21N3O4/c23-14-10-22(11-14)18-6-5-13(9-21-18)19(24)20-8-7-15-12-25-16-3-1-2-4-17(16)26-15/h1-6,9,14-15,23H,7-8,10-12H2,(H,20,24)/t15-/m0/s1. The van der Waals surface area contributed by atoms with E-state index in [0.29, 0.717) is 38.2 Å². The highest BCUT2D eigenvalue weighted by molar-refractivity contribution is 5.94. The molecule has 136 valence electrons. The summed E-state index contributed by atoms with van der Waals surface area (Å²) < 4.78 is 11.5. The molecule has 1 aromatic carbocycles. The van der Waals surface area contributed by atoms with Crippen molar-refractivity contribution in [2.45, 2.75) is 18.6 Å². The molecule has 0 unspecified atom stereocenters. The highest BCUT2D eigenvalue weighted by Gasteiger charge is 2.25. The second-order valence-electron chi connectivity index (χ2n) is 6.51. The summed E-state index contributed by atoms with van der Waals surface area (Å²) >= 11 is 0. The Bertz CT molecular complexity index is 775. The van der Waals surface area contributed by atoms with E-state index in [0.717, 1.165) is 17.3 Å². The van der Waals surface area contributed by atoms with Crippen LogP contribution in [0, 0.1) is 0 Å². The van der Waals surface area contributed by atoms with Gasteiger partial charge in [-0.05, 0) is 24.3 Å². The summed E-state index contributed by atoms with van der Waals surface area (Å²) in [6, 6.07) is 11.1. The van der Waals surface area contributed by atoms with Gasteiger partial charge >= 0.3 is 0 Å². The van der Waals surface area contributed by atoms with Crippen molar-refractivity contribution in [3.8, 4) is 11.5 Å². The van der Waals surface area contributed by atoms with E-state index in [1.807, 2.05) is 29.2 Å². The number of aliphatic hydroxyl groups excluding tert-OH is 1. The summed E-state index contributed by atoms with van der Waals surface area (Å²) in [5, 5.41) is 12.2. The van der Waals surface area contributed by atoms with Gasteiger partial charge in [0.2, 0.25) is 0 Å². The number of hydrogen-bond donors (Lipinski definition) is 2. The number of anilines is 1. The fourth-order valence-corrected chi connectivity index (χ4v) is 3.00. The smallest absolute Gasteiger partial charge is 0.252 e. The van der Waals surface area contributed by atoms with Crippen LogP contribution in [0.1, 0.15) is 16.8 Å². The van der Waals surface area contributed by atoms with E-state index in [1.54, 1.807) is 18.3 Å². The average molecular weight is 355 g/mol. The highest BCUT2D eigenvalue weighted by Crippen LogP contribution is 2.31. The van der Waals surface area contributed by atoms with E-state index in [9.17, 15) is 9.90 Å². The van der Waals surface area contributed by atoms with Crippen LogP contribution in [-0.2, 0) is 0 Å². The number of rotatable bonds is 5. The molecule has 1 atom stereocenters. The molecule has 2 aromatic rings. The van der Waals surface area contributed by atoms with E-state index in [1.165, 1.54) is 0 Å². The summed E-state index contributed by atoms with van der Waals surface area (Å²) in [5.41, 5.74) is 0.515. The van der Waals surface area contributed by atoms with Gasteiger partial charge in [-0.2, -0.15) is 0 Å². The normalized spacial score (nSPS) is 19.0. The van der Waals surface area contributed by atoms with Gasteiger partial charge in [-0.3, -0.25) is 4.79 Å². The second kappa shape index (κ2) is 7.21. The Kier molecular flexibility index (Phi) is 4.62. The van der Waals surface area contributed by atoms with Crippen molar-refractivity contribution < 1.29 is 19.4 Å². The molecule has 3 heterocycles. The Hall–Kier alpha value is -2.80. The molecule has 26 heavy (non-hydrogen) atoms. The van der Waals surface area contributed by atoms with Crippen LogP contribution in [0.4, 0.5) is 5.82 Å². The molecule has 0 spiro atoms. The molecule has 0 aliphatic carbocycles. The monoisotopic (exact) mass is 355 g/mol. The van der Waals surface area contributed by atoms with Gasteiger partial charge < -0.3 is 24.8 Å². The zero-order valence-corrected chi connectivity index (χ0v) is 14.3. The van der Waals surface area contributed by atoms with Crippen molar-refractivity contribution in [2.24, 2.45) is 0 Å². The Morgan fingerprint density at radius 1 is 1.23 bits per heavy atom. The molecule has 1 amide bonds. The number of nitrogens with zero attached hydrogens (tertiary/aromatic N) is 2. The molecular weight excluding hydrogens is 334 g/mol. The third-order valence-corrected chi connectivity index (χ3v) is 4.52. The molecule has 4 rings (SSSR count). The number of fused-ring (bicyclic) bond motifs is 1. The van der Waals surface area contributed by atoms with Crippen LogP contribution in [0.5, 0.6) is 11.5 Å². The summed E-state index contributed by atoms with van der Waals surface area (Å²) in [6.07, 6.45) is 1.87. The van der Waals surface area contributed by atoms with Crippen LogP contribution in [0.25, 0.3) is 0 Å². The molecule has 7 heteroatoms. The van der Waals surface area contributed by atoms with Gasteiger partial charge in [-0.25, -0.2) is 4.98 Å². The highest BCUT2D eigenvalue weighted by atomic mass is 16.6. The maximum absolute atomic E-state index is 12.2. The molecule has 0 bridgehead atoms. The summed E-state index contributed by atoms with van der Waals surface area (Å²) in [4.78, 5) is 18.5. The van der Waals surface area contributed by atoms with Gasteiger partial charge in [0, 0.05) is 32.3 Å². The maximum Gasteiger partial charge on any atom is 0.252 e. The SMILES string of the molecule is O=C(NCC[C@H]1COc2ccccc2O1)c1ccc(N2CC(O)C2)nc1. The van der Waals surface area contributed by atoms with Crippen molar-refractivity contribution >= 4 is 11.7 Å². The number of hydrogen-bond acceptors (Lipinski definition) is 6. The Morgan fingerprint density at radius 2 is 2.04 bits per heavy atom. The molecule has 1 aromatic heterocycles. The fourth-order valence-electron chi connectivity index (χ4n) is 3.00. The molecular formula is C19H21N3O4. The number of nitrogens with one attached hydrogen (secondary N) is 1. The van der Waals surface area contributed by atoms with Crippen LogP contribution in [0.15, 0.2) is 42.6 Å². The minimum Gasteiger partial charge on any atom is -0.486 e. The molecule has 1 saturated heterocycles. The minimum atomic E-state index is -0.280. The topological polar surface area (TPSA) is 83.9 Å². The molecule has 2 aliphatic rings. The molecule has 7 nitrogen and oxygen atoms in total. The van der Waals surface area contributed by atoms with E-state index in [-0.39, 0.29) is 18.1 Å². The van der Waals surface area contributed by atoms with Crippen LogP contribution < -0.4 is 19.7 Å². The maximum atomic E-state index is 12.2. The lowest BCUT2D eigenvalue weighted by Crippen LogP contribution is -2.51. The largest absolute Gasteiger partial charge is 0.486 e. The Morgan fingerprint density at radius 3 is 2.77 bits per heavy atom. The average Bonchev–Trinajstić information content (AvgIpc) is 2.65. The lowest BCUT2D eigenvalue weighted by Gasteiger charge is -2.36. The zero-order chi connectivity index (χ0) is 17.9. The van der Waals surface area contributed by atoms with E-state index in [4.69, 9.17) is 9.47 Å². The number of amides is 1. The van der Waals surface area contributed by atoms with Crippen LogP contribution in [0.2, 0.25) is 0 Å². The number of pyridine rings is 1. The molecule has 0 saturated carbocycles. The van der Waals surface area contributed by atoms with E-state index in [2.05, 4.69) is 10.3 Å². The van der Waals surface area contributed by atoms with Crippen molar-refractivity contribution in [3.63, 3.8) is 0 Å². The number of carbonyl (C=O) groups is 1. The van der Waals surface area contributed by atoms with E-state index < -0.39 is 0 Å². The predicted octanol–water partition coefficient (Wildman–Crippen LogP) is 1.22. The van der Waals surface area contributed by atoms with Gasteiger partial charge in [0.1, 0.15) is 18.5 Å². The first-order valence-electron chi connectivity index (χ1n) is 8.75. The number of β-amino-alcohol motifs (C(OH)–C–C–N with tert-alkyl or cyclic N) is 1. The quantitative estimate of drug-likeness (QED) is 0.839. The lowest BCUT2D eigenvalue weighted by atomic mass is 10.1. The number of ether oxygens (including phenoxy) is 2. The van der Waals surface area contributed by atoms with Crippen molar-refractivity contribution in [1.29, 1.82) is 0 Å². The number of carbonyl (C=O) groups excluding carboxylic acids is 1. The second-order valence-corrected chi connectivity index (χ2v) is 6.51. The van der Waals surface area contributed by atoms with Gasteiger partial charge in [0.05, 0.1) is 11.7 Å². The molecule has 0 radical (unpaired) electrons. The molecule has 2 aliphatic heterocycles. The lowest BCUT2D eigenvalue weighted by molar-refractivity contribution is 0.0812. The van der Waals surface area contributed by atoms with Gasteiger partial charge in [0.15, 0.2) is 11.5 Å². The van der Waals surface area contributed by atoms with Gasteiger partial charge in [-0.15, -0.1) is 0 Å². The summed E-state index contributed by atoms with van der Waals surface area (Å²) in [5.74, 6) is 2.11. The first-order valence-corrected chi connectivity index (χ1v) is 8.75. The van der Waals surface area contributed by atoms with Crippen LogP contribution in [0.3, 0.4) is 0 Å². The number of aromatic nitrogens is 1.